The van der Waals surface area contributed by atoms with Gasteiger partial charge in [0, 0.05) is 0 Å². The van der Waals surface area contributed by atoms with Crippen molar-refractivity contribution in [2.75, 3.05) is 0 Å². The normalized spacial score (nSPS) is 15.5. The molecule has 1 saturated carbocycles. The second-order valence-corrected chi connectivity index (χ2v) is 4.52. The summed E-state index contributed by atoms with van der Waals surface area (Å²) in [5, 5.41) is 0. The molecule has 92 valence electrons. The van der Waals surface area contributed by atoms with Crippen LogP contribution in [0.3, 0.4) is 0 Å². The van der Waals surface area contributed by atoms with E-state index in [0.717, 1.165) is 5.92 Å². The van der Waals surface area contributed by atoms with Gasteiger partial charge in [-0.25, -0.2) is 24.3 Å². The molecule has 1 fully saturated rings. The van der Waals surface area contributed by atoms with Gasteiger partial charge in [0.15, 0.2) is 0 Å². The minimum atomic E-state index is 0. The van der Waals surface area contributed by atoms with Crippen LogP contribution in [0.1, 0.15) is 43.6 Å². The van der Waals surface area contributed by atoms with Gasteiger partial charge >= 0.3 is 17.1 Å². The maximum Gasteiger partial charge on any atom is 2.00 e. The first kappa shape index (κ1) is 14.3. The van der Waals surface area contributed by atoms with Gasteiger partial charge in [-0.3, -0.25) is 0 Å². The molecule has 0 amide bonds. The second-order valence-electron chi connectivity index (χ2n) is 4.52. The molecule has 0 atom stereocenters. The molecule has 0 spiro atoms. The maximum absolute atomic E-state index is 2.27. The first-order chi connectivity index (χ1) is 7.97. The van der Waals surface area contributed by atoms with Crippen molar-refractivity contribution in [2.45, 2.75) is 38.0 Å². The summed E-state index contributed by atoms with van der Waals surface area (Å²) in [5.41, 5.74) is 1.57. The van der Waals surface area contributed by atoms with Gasteiger partial charge in [-0.2, -0.15) is 35.9 Å². The molecule has 0 N–H and O–H groups in total. The zero-order chi connectivity index (χ0) is 11.1. The topological polar surface area (TPSA) is 0 Å². The third-order valence-electron chi connectivity index (χ3n) is 3.32. The van der Waals surface area contributed by atoms with Crippen molar-refractivity contribution in [3.05, 3.63) is 60.2 Å². The number of hydrogen-bond acceptors (Lipinski definition) is 0. The minimum Gasteiger partial charge on any atom is -0.214 e. The van der Waals surface area contributed by atoms with Crippen molar-refractivity contribution in [1.29, 1.82) is 0 Å². The molecule has 1 aliphatic carbocycles. The summed E-state index contributed by atoms with van der Waals surface area (Å²) in [4.78, 5) is 0. The average molecular weight is 268 g/mol. The Labute approximate surface area is 115 Å². The maximum atomic E-state index is 2.27. The summed E-state index contributed by atoms with van der Waals surface area (Å²) in [6.07, 6.45) is 7.18. The molecule has 0 saturated heterocycles. The summed E-state index contributed by atoms with van der Waals surface area (Å²) < 4.78 is 0. The monoisotopic (exact) mass is 268 g/mol. The Morgan fingerprint density at radius 1 is 0.882 bits per heavy atom. The third kappa shape index (κ3) is 4.93. The quantitative estimate of drug-likeness (QED) is 0.512. The van der Waals surface area contributed by atoms with E-state index in [9.17, 15) is 0 Å². The Morgan fingerprint density at radius 2 is 1.59 bits per heavy atom. The summed E-state index contributed by atoms with van der Waals surface area (Å²) in [6, 6.07) is 18.9. The van der Waals surface area contributed by atoms with Crippen molar-refractivity contribution in [3.8, 4) is 0 Å². The van der Waals surface area contributed by atoms with Crippen molar-refractivity contribution < 1.29 is 17.1 Å². The largest absolute Gasteiger partial charge is 2.00 e. The van der Waals surface area contributed by atoms with Crippen molar-refractivity contribution >= 4 is 0 Å². The molecule has 2 aromatic carbocycles. The standard InChI is InChI=1S/C11H15.C5H5.Fe/c1-2-6-10(7-3-1)11-8-4-5-9-11;1-2-4-5-3-1;/h4-5,8-10H,1-3,6-7H2;1-5H;/q2*-1;+2. The van der Waals surface area contributed by atoms with E-state index in [1.165, 1.54) is 32.1 Å². The van der Waals surface area contributed by atoms with E-state index in [1.807, 2.05) is 30.3 Å². The van der Waals surface area contributed by atoms with Crippen molar-refractivity contribution in [2.24, 2.45) is 0 Å². The summed E-state index contributed by atoms with van der Waals surface area (Å²) in [7, 11) is 0. The first-order valence-corrected chi connectivity index (χ1v) is 6.35. The minimum absolute atomic E-state index is 0. The number of hydrogen-bond donors (Lipinski definition) is 0. The molecule has 0 heterocycles. The van der Waals surface area contributed by atoms with Crippen LogP contribution in [0.15, 0.2) is 54.6 Å². The van der Waals surface area contributed by atoms with E-state index in [2.05, 4.69) is 24.3 Å². The third-order valence-corrected chi connectivity index (χ3v) is 3.32. The van der Waals surface area contributed by atoms with Crippen LogP contribution in [0.25, 0.3) is 0 Å². The molecule has 17 heavy (non-hydrogen) atoms. The van der Waals surface area contributed by atoms with Crippen LogP contribution in [0, 0.1) is 0 Å². The molecule has 0 radical (unpaired) electrons. The van der Waals surface area contributed by atoms with Gasteiger partial charge in [0.1, 0.15) is 0 Å². The summed E-state index contributed by atoms with van der Waals surface area (Å²) >= 11 is 0. The van der Waals surface area contributed by atoms with Gasteiger partial charge in [-0.05, 0) is 18.8 Å². The van der Waals surface area contributed by atoms with E-state index in [0.29, 0.717) is 0 Å². The summed E-state index contributed by atoms with van der Waals surface area (Å²) in [5.74, 6) is 0.888. The molecule has 2 aromatic rings. The molecule has 3 rings (SSSR count). The van der Waals surface area contributed by atoms with Gasteiger partial charge < -0.3 is 0 Å². The van der Waals surface area contributed by atoms with E-state index in [1.54, 1.807) is 5.56 Å². The van der Waals surface area contributed by atoms with Crippen LogP contribution in [-0.4, -0.2) is 0 Å². The molecule has 0 aromatic heterocycles. The van der Waals surface area contributed by atoms with Crippen molar-refractivity contribution in [1.82, 2.24) is 0 Å². The fourth-order valence-corrected chi connectivity index (χ4v) is 2.42. The molecule has 1 aliphatic rings. The summed E-state index contributed by atoms with van der Waals surface area (Å²) in [6.45, 7) is 0. The molecule has 1 heteroatoms. The predicted molar refractivity (Wildman–Crippen MR) is 69.9 cm³/mol. The average Bonchev–Trinajstić information content (AvgIpc) is 3.07. The SMILES string of the molecule is [Fe+2].c1c[cH-]c(C2CCCCC2)c1.c1cc[cH-]c1. The zero-order valence-electron chi connectivity index (χ0n) is 10.2. The molecule has 0 unspecified atom stereocenters. The van der Waals surface area contributed by atoms with Crippen LogP contribution >= 0.6 is 0 Å². The fraction of sp³-hybridized carbons (Fsp3) is 0.375. The molecular formula is C16H20Fe. The second kappa shape index (κ2) is 8.33. The van der Waals surface area contributed by atoms with Crippen LogP contribution in [-0.2, 0) is 17.1 Å². The Hall–Kier alpha value is -0.781. The van der Waals surface area contributed by atoms with Gasteiger partial charge in [0.2, 0.25) is 0 Å². The van der Waals surface area contributed by atoms with Gasteiger partial charge in [0.05, 0.1) is 0 Å². The molecule has 0 bridgehead atoms. The van der Waals surface area contributed by atoms with Crippen LogP contribution < -0.4 is 0 Å². The Morgan fingerprint density at radius 3 is 2.06 bits per heavy atom. The number of rotatable bonds is 1. The Kier molecular flexibility index (Phi) is 7.00. The first-order valence-electron chi connectivity index (χ1n) is 6.35. The van der Waals surface area contributed by atoms with E-state index in [4.69, 9.17) is 0 Å². The molecule has 0 aliphatic heterocycles. The fourth-order valence-electron chi connectivity index (χ4n) is 2.42. The van der Waals surface area contributed by atoms with Crippen LogP contribution in [0.4, 0.5) is 0 Å². The van der Waals surface area contributed by atoms with Gasteiger partial charge in [-0.1, -0.05) is 19.3 Å². The van der Waals surface area contributed by atoms with Crippen LogP contribution in [0.5, 0.6) is 0 Å². The Balaban J connectivity index is 0.000000205. The van der Waals surface area contributed by atoms with Gasteiger partial charge in [-0.15, -0.1) is 0 Å². The zero-order valence-corrected chi connectivity index (χ0v) is 11.3. The molecular weight excluding hydrogens is 248 g/mol. The van der Waals surface area contributed by atoms with E-state index in [-0.39, 0.29) is 17.1 Å². The van der Waals surface area contributed by atoms with E-state index >= 15 is 0 Å². The Bertz CT molecular complexity index is 322. The smallest absolute Gasteiger partial charge is 0.214 e. The van der Waals surface area contributed by atoms with Crippen molar-refractivity contribution in [3.63, 3.8) is 0 Å². The van der Waals surface area contributed by atoms with Crippen LogP contribution in [0.2, 0.25) is 0 Å². The predicted octanol–water partition coefficient (Wildman–Crippen LogP) is 4.86. The van der Waals surface area contributed by atoms with E-state index < -0.39 is 0 Å². The molecule has 0 nitrogen and oxygen atoms in total. The van der Waals surface area contributed by atoms with Gasteiger partial charge in [0.25, 0.3) is 0 Å².